The van der Waals surface area contributed by atoms with Crippen LogP contribution in [0.2, 0.25) is 0 Å². The van der Waals surface area contributed by atoms with Crippen LogP contribution in [0.3, 0.4) is 0 Å². The number of para-hydroxylation sites is 1. The normalized spacial score (nSPS) is 13.7. The van der Waals surface area contributed by atoms with Gasteiger partial charge in [-0.15, -0.1) is 11.3 Å². The number of furan rings is 1. The lowest BCUT2D eigenvalue weighted by Gasteiger charge is -2.44. The lowest BCUT2D eigenvalue weighted by atomic mass is 9.33. The first-order valence-corrected chi connectivity index (χ1v) is 24.4. The summed E-state index contributed by atoms with van der Waals surface area (Å²) < 4.78 is 7.96. The average Bonchev–Trinajstić information content (AvgIpc) is 3.88. The van der Waals surface area contributed by atoms with Gasteiger partial charge in [-0.2, -0.15) is 0 Å². The number of nitrogens with zero attached hydrogens (tertiary/aromatic N) is 2. The van der Waals surface area contributed by atoms with Gasteiger partial charge < -0.3 is 14.2 Å². The van der Waals surface area contributed by atoms with Crippen LogP contribution >= 0.6 is 11.3 Å². The highest BCUT2D eigenvalue weighted by Crippen LogP contribution is 2.52. The molecule has 0 aliphatic carbocycles. The van der Waals surface area contributed by atoms with E-state index in [2.05, 4.69) is 232 Å². The Morgan fingerprint density at radius 2 is 1.14 bits per heavy atom. The predicted octanol–water partition coefficient (Wildman–Crippen LogP) is 15.9. The van der Waals surface area contributed by atoms with E-state index in [1.54, 1.807) is 0 Å². The summed E-state index contributed by atoms with van der Waals surface area (Å²) in [5, 5.41) is 3.76. The molecule has 328 valence electrons. The third kappa shape index (κ3) is 6.76. The lowest BCUT2D eigenvalue weighted by Crippen LogP contribution is -2.61. The van der Waals surface area contributed by atoms with Crippen LogP contribution in [-0.2, 0) is 16.2 Å². The SMILES string of the molecule is Cc1cc2c3c(c1)N(c1c(C)cc(C(C)(C)C)cc1C)c1sc4ccc(C(C)(C)C)cc4c1B3c1ccc(-c3cc4ccccc4o3)cc1N2c1ccc(C(C)(C)C)cc1-c1ccccc1. The molecule has 0 saturated carbocycles. The summed E-state index contributed by atoms with van der Waals surface area (Å²) in [6.45, 7) is 27.8. The Bertz CT molecular complexity index is 3370. The molecular weight excluding hydrogens is 820 g/mol. The molecular formula is C61H59BN2OS. The molecule has 0 atom stereocenters. The Labute approximate surface area is 395 Å². The van der Waals surface area contributed by atoms with E-state index in [0.29, 0.717) is 0 Å². The predicted molar refractivity (Wildman–Crippen MR) is 287 cm³/mol. The maximum atomic E-state index is 6.64. The van der Waals surface area contributed by atoms with Crippen LogP contribution < -0.4 is 26.2 Å². The molecule has 9 aromatic rings. The van der Waals surface area contributed by atoms with Crippen molar-refractivity contribution in [3.63, 3.8) is 0 Å². The van der Waals surface area contributed by atoms with Gasteiger partial charge in [-0.3, -0.25) is 0 Å². The van der Waals surface area contributed by atoms with Crippen molar-refractivity contribution in [1.29, 1.82) is 0 Å². The van der Waals surface area contributed by atoms with Gasteiger partial charge in [0.1, 0.15) is 11.3 Å². The van der Waals surface area contributed by atoms with Gasteiger partial charge in [-0.25, -0.2) is 0 Å². The summed E-state index contributed by atoms with van der Waals surface area (Å²) in [6.07, 6.45) is 0. The van der Waals surface area contributed by atoms with Crippen molar-refractivity contribution >= 4 is 88.9 Å². The molecule has 2 aliphatic rings. The van der Waals surface area contributed by atoms with E-state index in [1.807, 2.05) is 11.3 Å². The summed E-state index contributed by atoms with van der Waals surface area (Å²) in [4.78, 5) is 5.25. The van der Waals surface area contributed by atoms with Crippen molar-refractivity contribution in [3.05, 3.63) is 173 Å². The zero-order valence-electron chi connectivity index (χ0n) is 40.6. The molecule has 0 spiro atoms. The first-order chi connectivity index (χ1) is 31.3. The molecule has 2 aliphatic heterocycles. The van der Waals surface area contributed by atoms with Gasteiger partial charge in [0, 0.05) is 38.3 Å². The minimum Gasteiger partial charge on any atom is -0.456 e. The molecule has 11 rings (SSSR count). The summed E-state index contributed by atoms with van der Waals surface area (Å²) in [6, 6.07) is 52.9. The van der Waals surface area contributed by atoms with Crippen molar-refractivity contribution in [2.45, 2.75) is 99.3 Å². The molecule has 0 radical (unpaired) electrons. The van der Waals surface area contributed by atoms with Gasteiger partial charge in [-0.05, 0) is 146 Å². The second-order valence-electron chi connectivity index (χ2n) is 22.1. The highest BCUT2D eigenvalue weighted by atomic mass is 32.1. The first kappa shape index (κ1) is 42.3. The molecule has 4 heterocycles. The maximum Gasteiger partial charge on any atom is 0.254 e. The monoisotopic (exact) mass is 878 g/mol. The highest BCUT2D eigenvalue weighted by molar-refractivity contribution is 7.26. The Balaban J connectivity index is 1.27. The molecule has 3 nitrogen and oxygen atoms in total. The van der Waals surface area contributed by atoms with Crippen molar-refractivity contribution in [2.75, 3.05) is 9.80 Å². The van der Waals surface area contributed by atoms with Crippen molar-refractivity contribution < 1.29 is 4.42 Å². The number of anilines is 6. The van der Waals surface area contributed by atoms with Gasteiger partial charge in [0.05, 0.1) is 16.4 Å². The second kappa shape index (κ2) is 14.9. The Kier molecular flexibility index (Phi) is 9.53. The van der Waals surface area contributed by atoms with E-state index in [1.165, 1.54) is 98.7 Å². The summed E-state index contributed by atoms with van der Waals surface area (Å²) in [5.74, 6) is 0.872. The fraction of sp³-hybridized carbons (Fsp3) is 0.246. The van der Waals surface area contributed by atoms with Crippen molar-refractivity contribution in [2.24, 2.45) is 0 Å². The molecule has 7 aromatic carbocycles. The first-order valence-electron chi connectivity index (χ1n) is 23.6. The zero-order valence-corrected chi connectivity index (χ0v) is 41.4. The van der Waals surface area contributed by atoms with Gasteiger partial charge in [0.25, 0.3) is 6.71 Å². The Morgan fingerprint density at radius 1 is 0.500 bits per heavy atom. The topological polar surface area (TPSA) is 19.6 Å². The summed E-state index contributed by atoms with van der Waals surface area (Å²) in [5.41, 5.74) is 22.3. The van der Waals surface area contributed by atoms with E-state index in [0.717, 1.165) is 28.0 Å². The third-order valence-corrected chi connectivity index (χ3v) is 15.3. The summed E-state index contributed by atoms with van der Waals surface area (Å²) >= 11 is 1.94. The second-order valence-corrected chi connectivity index (χ2v) is 23.1. The number of benzene rings is 7. The average molecular weight is 879 g/mol. The lowest BCUT2D eigenvalue weighted by molar-refractivity contribution is 0.589. The molecule has 0 amide bonds. The van der Waals surface area contributed by atoms with Crippen molar-refractivity contribution in [1.82, 2.24) is 0 Å². The van der Waals surface area contributed by atoms with Crippen molar-refractivity contribution in [3.8, 4) is 22.5 Å². The number of fused-ring (bicyclic) bond motifs is 7. The van der Waals surface area contributed by atoms with Gasteiger partial charge in [-0.1, -0.05) is 153 Å². The number of rotatable bonds is 4. The van der Waals surface area contributed by atoms with E-state index in [-0.39, 0.29) is 23.0 Å². The van der Waals surface area contributed by atoms with Gasteiger partial charge in [0.2, 0.25) is 0 Å². The molecule has 0 fully saturated rings. The van der Waals surface area contributed by atoms with E-state index in [4.69, 9.17) is 4.42 Å². The van der Waals surface area contributed by atoms with Crippen LogP contribution in [0.4, 0.5) is 33.4 Å². The van der Waals surface area contributed by atoms with Crippen LogP contribution in [0.1, 0.15) is 95.7 Å². The third-order valence-electron chi connectivity index (χ3n) is 14.2. The zero-order chi connectivity index (χ0) is 46.2. The maximum absolute atomic E-state index is 6.64. The molecule has 0 bridgehead atoms. The fourth-order valence-electron chi connectivity index (χ4n) is 10.7. The molecule has 0 unspecified atom stereocenters. The number of hydrogen-bond acceptors (Lipinski definition) is 4. The number of hydrogen-bond donors (Lipinski definition) is 0. The van der Waals surface area contributed by atoms with Crippen LogP contribution in [-0.4, -0.2) is 6.71 Å². The largest absolute Gasteiger partial charge is 0.456 e. The molecule has 66 heavy (non-hydrogen) atoms. The number of thiophene rings is 1. The minimum atomic E-state index is -0.0367. The van der Waals surface area contributed by atoms with E-state index in [9.17, 15) is 0 Å². The molecule has 5 heteroatoms. The smallest absolute Gasteiger partial charge is 0.254 e. The van der Waals surface area contributed by atoms with Gasteiger partial charge in [0.15, 0.2) is 0 Å². The van der Waals surface area contributed by atoms with Crippen LogP contribution in [0.25, 0.3) is 43.5 Å². The Hall–Kier alpha value is -6.30. The quantitative estimate of drug-likeness (QED) is 0.164. The number of aryl methyl sites for hydroxylation is 3. The standard InChI is InChI=1S/C61H59BN2OS/c1-36-28-50-56-51(29-36)64(57-37(2)30-44(31-38(57)3)61(10,11)12)58-55(46-35-43(60(7,8)9)24-27-54(46)66-58)62(56)47-25-22-41(53-33-40-20-16-17-21-52(40)65-53)32-49(47)63(50)48-26-23-42(59(4,5)6)34-45(48)39-18-14-13-15-19-39/h13-35H,1-12H3. The molecule has 0 saturated heterocycles. The van der Waals surface area contributed by atoms with Crippen LogP contribution in [0.5, 0.6) is 0 Å². The van der Waals surface area contributed by atoms with Crippen LogP contribution in [0, 0.1) is 20.8 Å². The van der Waals surface area contributed by atoms with E-state index < -0.39 is 0 Å². The Morgan fingerprint density at radius 3 is 1.82 bits per heavy atom. The molecule has 2 aromatic heterocycles. The summed E-state index contributed by atoms with van der Waals surface area (Å²) in [7, 11) is 0. The molecule has 0 N–H and O–H groups in total. The minimum absolute atomic E-state index is 0.0106. The highest BCUT2D eigenvalue weighted by Gasteiger charge is 2.46. The van der Waals surface area contributed by atoms with Gasteiger partial charge >= 0.3 is 0 Å². The van der Waals surface area contributed by atoms with Crippen LogP contribution in [0.15, 0.2) is 144 Å². The van der Waals surface area contributed by atoms with E-state index >= 15 is 0 Å². The fourth-order valence-corrected chi connectivity index (χ4v) is 11.9.